The molecule has 0 unspecified atom stereocenters. The lowest BCUT2D eigenvalue weighted by atomic mass is 10.3. The van der Waals surface area contributed by atoms with Gasteiger partial charge in [-0.15, -0.1) is 0 Å². The third kappa shape index (κ3) is 3.97. The number of alkyl halides is 3. The zero-order valence-electron chi connectivity index (χ0n) is 11.6. The molecule has 9 heteroatoms. The number of nitrogens with zero attached hydrogens (tertiary/aromatic N) is 4. The number of hydrogen-bond acceptors (Lipinski definition) is 5. The second-order valence-corrected chi connectivity index (χ2v) is 4.33. The predicted octanol–water partition coefficient (Wildman–Crippen LogP) is 1.06. The summed E-state index contributed by atoms with van der Waals surface area (Å²) in [5.74, 6) is -0.378. The van der Waals surface area contributed by atoms with Gasteiger partial charge in [0.15, 0.2) is 5.69 Å². The first-order valence-corrected chi connectivity index (χ1v) is 5.70. The van der Waals surface area contributed by atoms with E-state index in [0.29, 0.717) is 0 Å². The smallest absolute Gasteiger partial charge is 0.357 e. The van der Waals surface area contributed by atoms with Crippen molar-refractivity contribution in [2.45, 2.75) is 6.18 Å². The summed E-state index contributed by atoms with van der Waals surface area (Å²) >= 11 is 0. The first-order chi connectivity index (χ1) is 9.15. The van der Waals surface area contributed by atoms with Gasteiger partial charge >= 0.3 is 6.18 Å². The van der Waals surface area contributed by atoms with E-state index in [-0.39, 0.29) is 24.2 Å². The van der Waals surface area contributed by atoms with Crippen LogP contribution in [0, 0.1) is 0 Å². The van der Waals surface area contributed by atoms with Crippen LogP contribution in [0.1, 0.15) is 5.69 Å². The second kappa shape index (κ2) is 5.93. The number of hydrogen-bond donors (Lipinski definition) is 1. The van der Waals surface area contributed by atoms with Crippen LogP contribution in [-0.4, -0.2) is 55.5 Å². The third-order valence-electron chi connectivity index (χ3n) is 2.49. The fourth-order valence-electron chi connectivity index (χ4n) is 1.31. The highest BCUT2D eigenvalue weighted by molar-refractivity contribution is 5.80. The van der Waals surface area contributed by atoms with E-state index in [9.17, 15) is 18.0 Å². The van der Waals surface area contributed by atoms with E-state index in [1.807, 2.05) is 0 Å². The van der Waals surface area contributed by atoms with Crippen molar-refractivity contribution in [3.63, 3.8) is 0 Å². The molecule has 0 spiro atoms. The summed E-state index contributed by atoms with van der Waals surface area (Å²) < 4.78 is 38.2. The number of halogens is 3. The molecular weight excluding hydrogens is 275 g/mol. The van der Waals surface area contributed by atoms with E-state index in [2.05, 4.69) is 15.3 Å². The highest BCUT2D eigenvalue weighted by Gasteiger charge is 2.34. The van der Waals surface area contributed by atoms with Gasteiger partial charge in [-0.3, -0.25) is 4.79 Å². The van der Waals surface area contributed by atoms with Crippen LogP contribution in [0.2, 0.25) is 0 Å². The maximum Gasteiger partial charge on any atom is 0.433 e. The molecule has 0 aliphatic heterocycles. The van der Waals surface area contributed by atoms with Gasteiger partial charge in [0.2, 0.25) is 11.9 Å². The van der Waals surface area contributed by atoms with Crippen LogP contribution < -0.4 is 10.2 Å². The highest BCUT2D eigenvalue weighted by Crippen LogP contribution is 2.30. The molecule has 0 aromatic carbocycles. The van der Waals surface area contributed by atoms with Gasteiger partial charge in [0, 0.05) is 34.3 Å². The lowest BCUT2D eigenvalue weighted by molar-refractivity contribution is -0.141. The Bertz CT molecular complexity index is 489. The Labute approximate surface area is 114 Å². The molecule has 1 amide bonds. The number of likely N-dealkylation sites (N-methyl/N-ethyl adjacent to an activating group) is 2. The van der Waals surface area contributed by atoms with Crippen molar-refractivity contribution in [1.82, 2.24) is 14.9 Å². The summed E-state index contributed by atoms with van der Waals surface area (Å²) in [5, 5.41) is 2.47. The molecule has 1 N–H and O–H groups in total. The molecule has 1 heterocycles. The lowest BCUT2D eigenvalue weighted by Gasteiger charge is -2.21. The Balaban J connectivity index is 3.08. The molecule has 20 heavy (non-hydrogen) atoms. The Morgan fingerprint density at radius 1 is 1.30 bits per heavy atom. The molecule has 0 aliphatic carbocycles. The van der Waals surface area contributed by atoms with Crippen molar-refractivity contribution in [3.8, 4) is 0 Å². The number of anilines is 2. The summed E-state index contributed by atoms with van der Waals surface area (Å²) in [7, 11) is 6.04. The number of rotatable bonds is 4. The maximum absolute atomic E-state index is 12.7. The lowest BCUT2D eigenvalue weighted by Crippen LogP contribution is -2.35. The van der Waals surface area contributed by atoms with Gasteiger partial charge in [-0.25, -0.2) is 4.98 Å². The van der Waals surface area contributed by atoms with Gasteiger partial charge < -0.3 is 15.1 Å². The molecule has 1 aromatic rings. The number of carbonyl (C=O) groups is 1. The molecule has 0 saturated heterocycles. The van der Waals surface area contributed by atoms with Crippen LogP contribution in [0.25, 0.3) is 0 Å². The minimum Gasteiger partial charge on any atom is -0.357 e. The molecule has 0 fully saturated rings. The average molecular weight is 291 g/mol. The van der Waals surface area contributed by atoms with Crippen molar-refractivity contribution >= 4 is 17.7 Å². The van der Waals surface area contributed by atoms with Crippen LogP contribution in [-0.2, 0) is 11.0 Å². The normalized spacial score (nSPS) is 11.2. The Morgan fingerprint density at radius 3 is 2.35 bits per heavy atom. The molecule has 1 aromatic heterocycles. The summed E-state index contributed by atoms with van der Waals surface area (Å²) in [4.78, 5) is 21.5. The van der Waals surface area contributed by atoms with Gasteiger partial charge in [0.25, 0.3) is 0 Å². The number of carbonyl (C=O) groups excluding carboxylic acids is 1. The zero-order chi connectivity index (χ0) is 15.5. The van der Waals surface area contributed by atoms with Crippen LogP contribution >= 0.6 is 0 Å². The number of amides is 1. The van der Waals surface area contributed by atoms with Gasteiger partial charge in [-0.2, -0.15) is 18.2 Å². The van der Waals surface area contributed by atoms with Gasteiger partial charge in [0.1, 0.15) is 5.82 Å². The molecule has 0 saturated carbocycles. The molecule has 0 radical (unpaired) electrons. The fourth-order valence-corrected chi connectivity index (χ4v) is 1.31. The molecule has 6 nitrogen and oxygen atoms in total. The molecule has 112 valence electrons. The van der Waals surface area contributed by atoms with Gasteiger partial charge in [-0.05, 0) is 0 Å². The van der Waals surface area contributed by atoms with Crippen molar-refractivity contribution in [3.05, 3.63) is 11.8 Å². The van der Waals surface area contributed by atoms with Gasteiger partial charge in [-0.1, -0.05) is 0 Å². The minimum absolute atomic E-state index is 0.0203. The van der Waals surface area contributed by atoms with Crippen LogP contribution in [0.4, 0.5) is 24.9 Å². The Morgan fingerprint density at radius 2 is 1.90 bits per heavy atom. The van der Waals surface area contributed by atoms with Crippen molar-refractivity contribution in [2.75, 3.05) is 45.0 Å². The molecular formula is C11H16F3N5O. The van der Waals surface area contributed by atoms with Crippen molar-refractivity contribution in [2.24, 2.45) is 0 Å². The summed E-state index contributed by atoms with van der Waals surface area (Å²) in [6.45, 7) is -0.0789. The van der Waals surface area contributed by atoms with E-state index in [0.717, 1.165) is 6.07 Å². The predicted molar refractivity (Wildman–Crippen MR) is 68.5 cm³/mol. The van der Waals surface area contributed by atoms with Crippen LogP contribution in [0.15, 0.2) is 6.07 Å². The minimum atomic E-state index is -4.57. The summed E-state index contributed by atoms with van der Waals surface area (Å²) in [5.41, 5.74) is -1.06. The largest absolute Gasteiger partial charge is 0.433 e. The van der Waals surface area contributed by atoms with Crippen LogP contribution in [0.3, 0.4) is 0 Å². The monoisotopic (exact) mass is 291 g/mol. The Kier molecular flexibility index (Phi) is 4.74. The van der Waals surface area contributed by atoms with E-state index in [1.54, 1.807) is 14.1 Å². The van der Waals surface area contributed by atoms with E-state index < -0.39 is 11.9 Å². The summed E-state index contributed by atoms with van der Waals surface area (Å²) in [6.07, 6.45) is -4.57. The molecule has 0 aliphatic rings. The SMILES string of the molecule is CNc1nc(N(C)CC(=O)N(C)C)cc(C(F)(F)F)n1. The van der Waals surface area contributed by atoms with Crippen molar-refractivity contribution in [1.29, 1.82) is 0 Å². The number of nitrogens with one attached hydrogen (secondary N) is 1. The van der Waals surface area contributed by atoms with Crippen LogP contribution in [0.5, 0.6) is 0 Å². The average Bonchev–Trinajstić information content (AvgIpc) is 2.36. The molecule has 0 bridgehead atoms. The Hall–Kier alpha value is -2.06. The van der Waals surface area contributed by atoms with Crippen molar-refractivity contribution < 1.29 is 18.0 Å². The summed E-state index contributed by atoms with van der Waals surface area (Å²) in [6, 6.07) is 0.809. The van der Waals surface area contributed by atoms with E-state index >= 15 is 0 Å². The second-order valence-electron chi connectivity index (χ2n) is 4.33. The highest BCUT2D eigenvalue weighted by atomic mass is 19.4. The quantitative estimate of drug-likeness (QED) is 0.899. The topological polar surface area (TPSA) is 61.4 Å². The zero-order valence-corrected chi connectivity index (χ0v) is 11.6. The standard InChI is InChI=1S/C11H16F3N5O/c1-15-10-16-7(11(12,13)14)5-8(17-10)19(4)6-9(20)18(2)3/h5H,6H2,1-4H3,(H,15,16,17). The van der Waals surface area contributed by atoms with E-state index in [1.165, 1.54) is 23.9 Å². The number of aromatic nitrogens is 2. The third-order valence-corrected chi connectivity index (χ3v) is 2.49. The maximum atomic E-state index is 12.7. The first-order valence-electron chi connectivity index (χ1n) is 5.70. The molecule has 1 rings (SSSR count). The fraction of sp³-hybridized carbons (Fsp3) is 0.545. The molecule has 0 atom stereocenters. The first kappa shape index (κ1) is 16.0. The van der Waals surface area contributed by atoms with Gasteiger partial charge in [0.05, 0.1) is 6.54 Å². The van der Waals surface area contributed by atoms with E-state index in [4.69, 9.17) is 0 Å².